The van der Waals surface area contributed by atoms with Crippen molar-refractivity contribution >= 4 is 29.1 Å². The molecule has 5 aliphatic rings. The molecular weight excluding hydrogens is 574 g/mol. The summed E-state index contributed by atoms with van der Waals surface area (Å²) in [4.78, 5) is 37.8. The van der Waals surface area contributed by atoms with Crippen LogP contribution in [0.2, 0.25) is 0 Å². The van der Waals surface area contributed by atoms with E-state index in [4.69, 9.17) is 15.0 Å². The van der Waals surface area contributed by atoms with E-state index >= 15 is 0 Å². The van der Waals surface area contributed by atoms with Crippen LogP contribution in [0.25, 0.3) is 0 Å². The number of aliphatic hydroxyl groups is 1. The molecule has 5 rings (SSSR count). The summed E-state index contributed by atoms with van der Waals surface area (Å²) in [6.45, 7) is 11.3. The first-order valence-corrected chi connectivity index (χ1v) is 14.5. The highest BCUT2D eigenvalue weighted by Gasteiger charge is 2.39. The van der Waals surface area contributed by atoms with Crippen molar-refractivity contribution in [3.63, 3.8) is 0 Å². The average molecular weight is 610 g/mol. The van der Waals surface area contributed by atoms with E-state index in [0.29, 0.717) is 51.2 Å². The topological polar surface area (TPSA) is 176 Å². The van der Waals surface area contributed by atoms with Crippen molar-refractivity contribution in [3.05, 3.63) is 117 Å². The quantitative estimate of drug-likeness (QED) is 0.201. The molecule has 5 aliphatic heterocycles. The van der Waals surface area contributed by atoms with Crippen molar-refractivity contribution in [1.82, 2.24) is 10.8 Å². The van der Waals surface area contributed by atoms with Crippen LogP contribution in [-0.2, 0) is 9.59 Å². The number of carboxylic acids is 2. The van der Waals surface area contributed by atoms with Gasteiger partial charge in [0.2, 0.25) is 0 Å². The molecule has 0 saturated carbocycles. The molecule has 0 saturated heterocycles. The molecule has 0 aliphatic carbocycles. The SMILES string of the molecule is C=CC1=C(C)C2=CC3=NC(=CC4=NC(=CC5=C(/C=C/NO)C(C)(O)C(=CC1=N2)N5)C(C)=C4CCC(=O)O)C(CCC(=O)O)=C3C. The molecule has 6 N–H and O–H groups in total. The number of nitrogens with one attached hydrogen (secondary N) is 2. The Bertz CT molecular complexity index is 1810. The second kappa shape index (κ2) is 12.1. The summed E-state index contributed by atoms with van der Waals surface area (Å²) in [5.41, 5.74) is 10.1. The molecule has 8 bridgehead atoms. The highest BCUT2D eigenvalue weighted by Crippen LogP contribution is 2.40. The van der Waals surface area contributed by atoms with Gasteiger partial charge in [0.05, 0.1) is 39.9 Å². The zero-order valence-corrected chi connectivity index (χ0v) is 25.5. The molecule has 45 heavy (non-hydrogen) atoms. The molecule has 0 aromatic rings. The lowest BCUT2D eigenvalue weighted by atomic mass is 9.92. The number of hydroxylamine groups is 1. The number of allylic oxidation sites excluding steroid dienone is 11. The molecule has 1 atom stereocenters. The number of aliphatic imine (C=N–C) groups is 3. The van der Waals surface area contributed by atoms with E-state index in [1.54, 1.807) is 37.3 Å². The summed E-state index contributed by atoms with van der Waals surface area (Å²) in [6, 6.07) is 0. The molecular formula is C34H35N5O6. The van der Waals surface area contributed by atoms with E-state index in [1.165, 1.54) is 6.20 Å². The van der Waals surface area contributed by atoms with Crippen LogP contribution in [0, 0.1) is 0 Å². The lowest BCUT2D eigenvalue weighted by Crippen LogP contribution is -2.29. The second-order valence-electron chi connectivity index (χ2n) is 11.4. The van der Waals surface area contributed by atoms with Gasteiger partial charge in [-0.05, 0) is 98.8 Å². The summed E-state index contributed by atoms with van der Waals surface area (Å²) in [7, 11) is 0. The maximum atomic E-state index is 11.8. The van der Waals surface area contributed by atoms with Crippen LogP contribution in [0.5, 0.6) is 0 Å². The summed E-state index contributed by atoms with van der Waals surface area (Å²) in [5, 5.41) is 43.3. The van der Waals surface area contributed by atoms with Crippen molar-refractivity contribution in [3.8, 4) is 0 Å². The third-order valence-corrected chi connectivity index (χ3v) is 8.50. The molecule has 0 fully saturated rings. The van der Waals surface area contributed by atoms with Crippen molar-refractivity contribution < 1.29 is 30.1 Å². The lowest BCUT2D eigenvalue weighted by molar-refractivity contribution is -0.137. The molecule has 11 heteroatoms. The van der Waals surface area contributed by atoms with Gasteiger partial charge < -0.3 is 20.6 Å². The Morgan fingerprint density at radius 3 is 2.11 bits per heavy atom. The van der Waals surface area contributed by atoms with Crippen LogP contribution in [0.15, 0.2) is 132 Å². The number of carbonyl (C=O) groups is 2. The molecule has 1 unspecified atom stereocenters. The van der Waals surface area contributed by atoms with Gasteiger partial charge in [0, 0.05) is 35.9 Å². The van der Waals surface area contributed by atoms with Crippen LogP contribution in [0.3, 0.4) is 0 Å². The minimum atomic E-state index is -1.51. The third-order valence-electron chi connectivity index (χ3n) is 8.50. The van der Waals surface area contributed by atoms with Gasteiger partial charge in [-0.25, -0.2) is 15.0 Å². The van der Waals surface area contributed by atoms with Gasteiger partial charge in [-0.15, -0.1) is 0 Å². The summed E-state index contributed by atoms with van der Waals surface area (Å²) < 4.78 is 0. The van der Waals surface area contributed by atoms with Crippen molar-refractivity contribution in [2.75, 3.05) is 0 Å². The fourth-order valence-corrected chi connectivity index (χ4v) is 5.92. The Balaban J connectivity index is 1.80. The van der Waals surface area contributed by atoms with Crippen LogP contribution in [-0.4, -0.2) is 55.2 Å². The number of nitrogens with zero attached hydrogens (tertiary/aromatic N) is 3. The van der Waals surface area contributed by atoms with E-state index in [-0.39, 0.29) is 25.7 Å². The third kappa shape index (κ3) is 5.87. The Hall–Kier alpha value is -5.13. The summed E-state index contributed by atoms with van der Waals surface area (Å²) >= 11 is 0. The molecule has 0 amide bonds. The van der Waals surface area contributed by atoms with Crippen LogP contribution in [0.1, 0.15) is 53.4 Å². The molecule has 0 radical (unpaired) electrons. The smallest absolute Gasteiger partial charge is 0.303 e. The maximum absolute atomic E-state index is 11.8. The van der Waals surface area contributed by atoms with E-state index in [0.717, 1.165) is 33.4 Å². The molecule has 232 valence electrons. The molecule has 0 spiro atoms. The van der Waals surface area contributed by atoms with E-state index in [2.05, 4.69) is 11.9 Å². The fourth-order valence-electron chi connectivity index (χ4n) is 5.92. The van der Waals surface area contributed by atoms with Crippen molar-refractivity contribution in [2.24, 2.45) is 15.0 Å². The Morgan fingerprint density at radius 1 is 0.867 bits per heavy atom. The first-order valence-electron chi connectivity index (χ1n) is 14.5. The number of hydrogen-bond acceptors (Lipinski definition) is 9. The number of fused-ring (bicyclic) bond motifs is 5. The highest BCUT2D eigenvalue weighted by molar-refractivity contribution is 6.18. The molecule has 11 nitrogen and oxygen atoms in total. The van der Waals surface area contributed by atoms with Gasteiger partial charge in [0.1, 0.15) is 5.60 Å². The zero-order chi connectivity index (χ0) is 32.6. The Morgan fingerprint density at radius 2 is 1.47 bits per heavy atom. The molecule has 0 aromatic carbocycles. The predicted molar refractivity (Wildman–Crippen MR) is 172 cm³/mol. The molecule has 0 aromatic heterocycles. The lowest BCUT2D eigenvalue weighted by Gasteiger charge is -2.20. The average Bonchev–Trinajstić information content (AvgIpc) is 3.61. The van der Waals surface area contributed by atoms with Gasteiger partial charge in [-0.1, -0.05) is 12.7 Å². The summed E-state index contributed by atoms with van der Waals surface area (Å²) in [6.07, 6.45) is 12.0. The zero-order valence-electron chi connectivity index (χ0n) is 25.5. The fraction of sp³-hybridized carbons (Fsp3) is 0.265. The van der Waals surface area contributed by atoms with Gasteiger partial charge in [-0.2, -0.15) is 0 Å². The first kappa shape index (κ1) is 31.3. The number of rotatable bonds is 9. The number of hydrogen-bond donors (Lipinski definition) is 6. The van der Waals surface area contributed by atoms with E-state index < -0.39 is 17.5 Å². The summed E-state index contributed by atoms with van der Waals surface area (Å²) in [5.74, 6) is -1.88. The van der Waals surface area contributed by atoms with E-state index in [9.17, 15) is 30.1 Å². The monoisotopic (exact) mass is 609 g/mol. The van der Waals surface area contributed by atoms with Crippen LogP contribution >= 0.6 is 0 Å². The predicted octanol–water partition coefficient (Wildman–Crippen LogP) is 4.87. The van der Waals surface area contributed by atoms with Gasteiger partial charge in [0.25, 0.3) is 0 Å². The van der Waals surface area contributed by atoms with Gasteiger partial charge in [0.15, 0.2) is 0 Å². The normalized spacial score (nSPS) is 22.7. The first-order chi connectivity index (χ1) is 21.3. The Kier molecular flexibility index (Phi) is 8.42. The van der Waals surface area contributed by atoms with Crippen molar-refractivity contribution in [1.29, 1.82) is 0 Å². The second-order valence-corrected chi connectivity index (χ2v) is 11.4. The van der Waals surface area contributed by atoms with E-state index in [1.807, 2.05) is 32.3 Å². The Labute approximate surface area is 260 Å². The number of aliphatic carboxylic acids is 2. The van der Waals surface area contributed by atoms with Crippen molar-refractivity contribution in [2.45, 2.75) is 59.0 Å². The van der Waals surface area contributed by atoms with Gasteiger partial charge in [-0.3, -0.25) is 20.3 Å². The van der Waals surface area contributed by atoms with Gasteiger partial charge >= 0.3 is 11.9 Å². The van der Waals surface area contributed by atoms with Crippen LogP contribution in [0.4, 0.5) is 0 Å². The van der Waals surface area contributed by atoms with Crippen LogP contribution < -0.4 is 10.8 Å². The maximum Gasteiger partial charge on any atom is 0.303 e. The highest BCUT2D eigenvalue weighted by atomic mass is 16.5. The number of carboxylic acid groups (broad SMARTS) is 2. The largest absolute Gasteiger partial charge is 0.481 e. The standard InChI is InChI=1S/C34H35N5O6/c1-6-20-17(2)24-13-25-18(3)21(7-9-32(40)41)27(36-25)15-28-22(8-10-33(42)43)19(4)26(37-28)14-30-23(11-12-35-45)34(5,44)31(39-30)16-29(20)38-24/h6,11-16,35,39,44-45H,1,7-10H2,2-5H3,(H,40,41)(H,42,43)/b12-11+,24-13?,26-14?,27-15?,31-16?. The molecule has 5 heterocycles. The minimum Gasteiger partial charge on any atom is -0.481 e. The minimum absolute atomic E-state index is 0.0874.